The number of anilines is 1. The summed E-state index contributed by atoms with van der Waals surface area (Å²) in [6, 6.07) is 17.6. The van der Waals surface area contributed by atoms with E-state index in [0.717, 1.165) is 11.1 Å². The van der Waals surface area contributed by atoms with Gasteiger partial charge in [0.2, 0.25) is 5.91 Å². The van der Waals surface area contributed by atoms with Crippen LogP contribution in [0.4, 0.5) is 5.82 Å². The largest absolute Gasteiger partial charge is 0.309 e. The Morgan fingerprint density at radius 2 is 1.69 bits per heavy atom. The van der Waals surface area contributed by atoms with Gasteiger partial charge in [-0.05, 0) is 34.7 Å². The lowest BCUT2D eigenvalue weighted by atomic mass is 10.0. The molecule has 4 nitrogen and oxygen atoms in total. The van der Waals surface area contributed by atoms with E-state index in [1.54, 1.807) is 10.7 Å². The van der Waals surface area contributed by atoms with Crippen LogP contribution in [-0.4, -0.2) is 15.7 Å². The zero-order valence-corrected chi connectivity index (χ0v) is 15.7. The Morgan fingerprint density at radius 1 is 1.04 bits per heavy atom. The third kappa shape index (κ3) is 4.96. The maximum absolute atomic E-state index is 12.2. The summed E-state index contributed by atoms with van der Waals surface area (Å²) < 4.78 is 1.79. The summed E-state index contributed by atoms with van der Waals surface area (Å²) in [5.74, 6) is 0.976. The van der Waals surface area contributed by atoms with Crippen molar-refractivity contribution in [3.05, 3.63) is 82.5 Å². The van der Waals surface area contributed by atoms with Crippen LogP contribution in [0.2, 0.25) is 5.02 Å². The Hall–Kier alpha value is -2.59. The number of amides is 1. The van der Waals surface area contributed by atoms with Crippen LogP contribution in [-0.2, 0) is 17.8 Å². The minimum absolute atomic E-state index is 0.0703. The van der Waals surface area contributed by atoms with Crippen molar-refractivity contribution in [2.24, 2.45) is 0 Å². The SMILES string of the molecule is CC(C)c1ccc(CC(=O)Nc2ccn(Cc3ccc(Cl)cc3)n2)cc1. The van der Waals surface area contributed by atoms with E-state index in [1.807, 2.05) is 42.6 Å². The highest BCUT2D eigenvalue weighted by Crippen LogP contribution is 2.15. The Balaban J connectivity index is 1.56. The second-order valence-electron chi connectivity index (χ2n) is 6.65. The average Bonchev–Trinajstić information content (AvgIpc) is 3.04. The van der Waals surface area contributed by atoms with Crippen LogP contribution in [0.3, 0.4) is 0 Å². The number of hydrogen-bond donors (Lipinski definition) is 1. The zero-order chi connectivity index (χ0) is 18.5. The van der Waals surface area contributed by atoms with Crippen molar-refractivity contribution in [2.75, 3.05) is 5.32 Å². The molecule has 1 heterocycles. The maximum Gasteiger partial charge on any atom is 0.229 e. The maximum atomic E-state index is 12.2. The zero-order valence-electron chi connectivity index (χ0n) is 14.9. The van der Waals surface area contributed by atoms with E-state index < -0.39 is 0 Å². The van der Waals surface area contributed by atoms with Crippen molar-refractivity contribution >= 4 is 23.3 Å². The molecule has 1 amide bonds. The lowest BCUT2D eigenvalue weighted by Crippen LogP contribution is -2.15. The summed E-state index contributed by atoms with van der Waals surface area (Å²) in [6.45, 7) is 4.94. The summed E-state index contributed by atoms with van der Waals surface area (Å²) in [5.41, 5.74) is 3.36. The predicted octanol–water partition coefficient (Wildman–Crippen LogP) is 4.89. The molecule has 2 aromatic carbocycles. The Morgan fingerprint density at radius 3 is 2.35 bits per heavy atom. The highest BCUT2D eigenvalue weighted by atomic mass is 35.5. The Kier molecular flexibility index (Phi) is 5.74. The first-order chi connectivity index (χ1) is 12.5. The van der Waals surface area contributed by atoms with Gasteiger partial charge in [-0.3, -0.25) is 9.48 Å². The fraction of sp³-hybridized carbons (Fsp3) is 0.238. The third-order valence-electron chi connectivity index (χ3n) is 4.18. The van der Waals surface area contributed by atoms with Gasteiger partial charge in [0.1, 0.15) is 0 Å². The number of halogens is 1. The van der Waals surface area contributed by atoms with Crippen molar-refractivity contribution in [3.8, 4) is 0 Å². The second-order valence-corrected chi connectivity index (χ2v) is 7.08. The highest BCUT2D eigenvalue weighted by molar-refractivity contribution is 6.30. The number of nitrogens with one attached hydrogen (secondary N) is 1. The predicted molar refractivity (Wildman–Crippen MR) is 106 cm³/mol. The van der Waals surface area contributed by atoms with Gasteiger partial charge in [-0.2, -0.15) is 5.10 Å². The molecule has 0 bridgehead atoms. The molecule has 3 aromatic rings. The molecule has 0 fully saturated rings. The molecule has 5 heteroatoms. The summed E-state index contributed by atoms with van der Waals surface area (Å²) in [4.78, 5) is 12.2. The van der Waals surface area contributed by atoms with Crippen LogP contribution in [0.1, 0.15) is 36.5 Å². The van der Waals surface area contributed by atoms with Crippen LogP contribution in [0.5, 0.6) is 0 Å². The van der Waals surface area contributed by atoms with Crippen molar-refractivity contribution < 1.29 is 4.79 Å². The van der Waals surface area contributed by atoms with Gasteiger partial charge in [-0.1, -0.05) is 61.8 Å². The first kappa shape index (κ1) is 18.2. The molecule has 134 valence electrons. The van der Waals surface area contributed by atoms with E-state index in [4.69, 9.17) is 11.6 Å². The van der Waals surface area contributed by atoms with Gasteiger partial charge in [0.25, 0.3) is 0 Å². The van der Waals surface area contributed by atoms with E-state index in [2.05, 4.69) is 36.4 Å². The monoisotopic (exact) mass is 367 g/mol. The number of nitrogens with zero attached hydrogens (tertiary/aromatic N) is 2. The fourth-order valence-electron chi connectivity index (χ4n) is 2.69. The van der Waals surface area contributed by atoms with Gasteiger partial charge in [0.05, 0.1) is 13.0 Å². The molecule has 1 aromatic heterocycles. The molecule has 26 heavy (non-hydrogen) atoms. The van der Waals surface area contributed by atoms with Gasteiger partial charge in [-0.15, -0.1) is 0 Å². The van der Waals surface area contributed by atoms with Crippen molar-refractivity contribution in [3.63, 3.8) is 0 Å². The molecule has 1 N–H and O–H groups in total. The molecule has 0 aliphatic rings. The molecule has 0 saturated carbocycles. The molecule has 0 atom stereocenters. The molecule has 0 radical (unpaired) electrons. The Labute approximate surface area is 158 Å². The van der Waals surface area contributed by atoms with E-state index in [9.17, 15) is 4.79 Å². The summed E-state index contributed by atoms with van der Waals surface area (Å²) in [5, 5.41) is 7.96. The lowest BCUT2D eigenvalue weighted by molar-refractivity contribution is -0.115. The van der Waals surface area contributed by atoms with Crippen molar-refractivity contribution in [2.45, 2.75) is 32.7 Å². The van der Waals surface area contributed by atoms with Crippen molar-refractivity contribution in [1.29, 1.82) is 0 Å². The van der Waals surface area contributed by atoms with Gasteiger partial charge in [0.15, 0.2) is 5.82 Å². The summed E-state index contributed by atoms with van der Waals surface area (Å²) in [6.07, 6.45) is 2.18. The first-order valence-electron chi connectivity index (χ1n) is 8.66. The number of carbonyl (C=O) groups excluding carboxylic acids is 1. The van der Waals surface area contributed by atoms with E-state index in [0.29, 0.717) is 29.7 Å². The molecule has 3 rings (SSSR count). The molecule has 0 aliphatic carbocycles. The van der Waals surface area contributed by atoms with Gasteiger partial charge in [0, 0.05) is 17.3 Å². The lowest BCUT2D eigenvalue weighted by Gasteiger charge is -2.07. The minimum atomic E-state index is -0.0703. The topological polar surface area (TPSA) is 46.9 Å². The van der Waals surface area contributed by atoms with E-state index >= 15 is 0 Å². The molecular weight excluding hydrogens is 346 g/mol. The number of benzene rings is 2. The first-order valence-corrected chi connectivity index (χ1v) is 9.04. The highest BCUT2D eigenvalue weighted by Gasteiger charge is 2.07. The van der Waals surface area contributed by atoms with Gasteiger partial charge < -0.3 is 5.32 Å². The quantitative estimate of drug-likeness (QED) is 0.674. The van der Waals surface area contributed by atoms with Crippen LogP contribution in [0.25, 0.3) is 0 Å². The van der Waals surface area contributed by atoms with Crippen LogP contribution in [0.15, 0.2) is 60.8 Å². The standard InChI is InChI=1S/C21H22ClN3O/c1-15(2)18-7-3-16(4-8-18)13-21(26)23-20-11-12-25(24-20)14-17-5-9-19(22)10-6-17/h3-12,15H,13-14H2,1-2H3,(H,23,24,26). The van der Waals surface area contributed by atoms with Crippen LogP contribution < -0.4 is 5.32 Å². The van der Waals surface area contributed by atoms with Crippen LogP contribution >= 0.6 is 11.6 Å². The van der Waals surface area contributed by atoms with E-state index in [1.165, 1.54) is 5.56 Å². The average molecular weight is 368 g/mol. The summed E-state index contributed by atoms with van der Waals surface area (Å²) >= 11 is 5.90. The van der Waals surface area contributed by atoms with Gasteiger partial charge >= 0.3 is 0 Å². The molecular formula is C21H22ClN3O. The normalized spacial score (nSPS) is 10.9. The van der Waals surface area contributed by atoms with Crippen LogP contribution in [0, 0.1) is 0 Å². The summed E-state index contributed by atoms with van der Waals surface area (Å²) in [7, 11) is 0. The molecule has 0 spiro atoms. The molecule has 0 unspecified atom stereocenters. The van der Waals surface area contributed by atoms with Gasteiger partial charge in [-0.25, -0.2) is 0 Å². The third-order valence-corrected chi connectivity index (χ3v) is 4.43. The second kappa shape index (κ2) is 8.19. The number of rotatable bonds is 6. The fourth-order valence-corrected chi connectivity index (χ4v) is 2.81. The van der Waals surface area contributed by atoms with E-state index in [-0.39, 0.29) is 5.91 Å². The Bertz CT molecular complexity index is 867. The van der Waals surface area contributed by atoms with Crippen molar-refractivity contribution in [1.82, 2.24) is 9.78 Å². The number of aromatic nitrogens is 2. The smallest absolute Gasteiger partial charge is 0.229 e. The number of carbonyl (C=O) groups is 1. The minimum Gasteiger partial charge on any atom is -0.309 e. The number of hydrogen-bond acceptors (Lipinski definition) is 2. The molecule has 0 saturated heterocycles. The molecule has 0 aliphatic heterocycles.